The van der Waals surface area contributed by atoms with E-state index in [9.17, 15) is 9.90 Å². The number of hydrogen-bond donors (Lipinski definition) is 1. The molecule has 1 N–H and O–H groups in total. The van der Waals surface area contributed by atoms with Crippen LogP contribution in [0.5, 0.6) is 11.5 Å². The van der Waals surface area contributed by atoms with Crippen molar-refractivity contribution in [2.45, 2.75) is 0 Å². The fourth-order valence-electron chi connectivity index (χ4n) is 0.948. The van der Waals surface area contributed by atoms with Crippen LogP contribution in [0.15, 0.2) is 24.3 Å². The van der Waals surface area contributed by atoms with E-state index in [4.69, 9.17) is 4.74 Å². The third-order valence-electron chi connectivity index (χ3n) is 1.57. The van der Waals surface area contributed by atoms with Crippen molar-refractivity contribution >= 4 is 12.4 Å². The highest BCUT2D eigenvalue weighted by Crippen LogP contribution is 2.26. The van der Waals surface area contributed by atoms with Crippen LogP contribution in [-0.4, -0.2) is 18.5 Å². The van der Waals surface area contributed by atoms with Crippen LogP contribution < -0.4 is 4.74 Å². The molecule has 0 saturated heterocycles. The number of phenolic OH excluding ortho intramolecular Hbond substituents is 1. The topological polar surface area (TPSA) is 46.5 Å². The highest BCUT2D eigenvalue weighted by Gasteiger charge is 1.99. The minimum Gasteiger partial charge on any atom is -0.504 e. The third-order valence-corrected chi connectivity index (χ3v) is 1.57. The summed E-state index contributed by atoms with van der Waals surface area (Å²) in [6, 6.07) is 4.86. The van der Waals surface area contributed by atoms with Crippen molar-refractivity contribution in [3.63, 3.8) is 0 Å². The summed E-state index contributed by atoms with van der Waals surface area (Å²) >= 11 is 0. The average Bonchev–Trinajstić information content (AvgIpc) is 2.16. The molecule has 68 valence electrons. The van der Waals surface area contributed by atoms with Crippen LogP contribution in [0.1, 0.15) is 5.56 Å². The number of phenols is 1. The van der Waals surface area contributed by atoms with Crippen LogP contribution in [0.4, 0.5) is 0 Å². The SMILES string of the molecule is COc1cc(/C=C\C=O)ccc1O. The first-order valence-corrected chi connectivity index (χ1v) is 3.77. The molecule has 0 aliphatic heterocycles. The zero-order chi connectivity index (χ0) is 9.68. The second-order valence-corrected chi connectivity index (χ2v) is 2.43. The number of aromatic hydroxyl groups is 1. The number of aldehydes is 1. The normalized spacial score (nSPS) is 10.2. The van der Waals surface area contributed by atoms with Crippen LogP contribution in [-0.2, 0) is 4.79 Å². The number of allylic oxidation sites excluding steroid dienone is 1. The van der Waals surface area contributed by atoms with E-state index < -0.39 is 0 Å². The highest BCUT2D eigenvalue weighted by atomic mass is 16.5. The number of rotatable bonds is 3. The quantitative estimate of drug-likeness (QED) is 0.565. The van der Waals surface area contributed by atoms with E-state index in [1.165, 1.54) is 19.3 Å². The number of ether oxygens (including phenoxy) is 1. The van der Waals surface area contributed by atoms with Crippen molar-refractivity contribution in [1.82, 2.24) is 0 Å². The molecule has 13 heavy (non-hydrogen) atoms. The van der Waals surface area contributed by atoms with Crippen LogP contribution in [0, 0.1) is 0 Å². The lowest BCUT2D eigenvalue weighted by Crippen LogP contribution is -1.84. The van der Waals surface area contributed by atoms with E-state index in [0.29, 0.717) is 12.0 Å². The first kappa shape index (κ1) is 9.32. The molecule has 1 rings (SSSR count). The fourth-order valence-corrected chi connectivity index (χ4v) is 0.948. The van der Waals surface area contributed by atoms with Gasteiger partial charge in [0.15, 0.2) is 11.5 Å². The van der Waals surface area contributed by atoms with Gasteiger partial charge in [-0.3, -0.25) is 4.79 Å². The zero-order valence-corrected chi connectivity index (χ0v) is 7.23. The Labute approximate surface area is 76.3 Å². The van der Waals surface area contributed by atoms with Gasteiger partial charge >= 0.3 is 0 Å². The summed E-state index contributed by atoms with van der Waals surface area (Å²) in [5, 5.41) is 9.24. The maximum absolute atomic E-state index is 10.0. The van der Waals surface area contributed by atoms with Crippen molar-refractivity contribution in [3.05, 3.63) is 29.8 Å². The summed E-state index contributed by atoms with van der Waals surface area (Å²) in [4.78, 5) is 10.0. The van der Waals surface area contributed by atoms with Gasteiger partial charge < -0.3 is 9.84 Å². The van der Waals surface area contributed by atoms with Crippen molar-refractivity contribution in [2.75, 3.05) is 7.11 Å². The molecule has 0 amide bonds. The van der Waals surface area contributed by atoms with Crippen molar-refractivity contribution in [1.29, 1.82) is 0 Å². The summed E-state index contributed by atoms with van der Waals surface area (Å²) < 4.78 is 4.89. The monoisotopic (exact) mass is 178 g/mol. The molecule has 0 radical (unpaired) electrons. The predicted molar refractivity (Wildman–Crippen MR) is 49.8 cm³/mol. The summed E-state index contributed by atoms with van der Waals surface area (Å²) in [6.07, 6.45) is 3.71. The molecule has 0 spiro atoms. The number of carbonyl (C=O) groups is 1. The van der Waals surface area contributed by atoms with Gasteiger partial charge in [0, 0.05) is 0 Å². The van der Waals surface area contributed by atoms with Gasteiger partial charge in [-0.2, -0.15) is 0 Å². The Balaban J connectivity index is 2.99. The third kappa shape index (κ3) is 2.33. The number of hydrogen-bond acceptors (Lipinski definition) is 3. The van der Waals surface area contributed by atoms with Crippen LogP contribution >= 0.6 is 0 Å². The summed E-state index contributed by atoms with van der Waals surface area (Å²) in [5.41, 5.74) is 0.807. The van der Waals surface area contributed by atoms with Gasteiger partial charge in [-0.25, -0.2) is 0 Å². The Hall–Kier alpha value is -1.77. The van der Waals surface area contributed by atoms with E-state index in [-0.39, 0.29) is 5.75 Å². The minimum atomic E-state index is 0.0887. The Morgan fingerprint density at radius 3 is 2.85 bits per heavy atom. The van der Waals surface area contributed by atoms with E-state index in [2.05, 4.69) is 0 Å². The number of benzene rings is 1. The standard InChI is InChI=1S/C10H10O3/c1-13-10-7-8(3-2-6-11)4-5-9(10)12/h2-7,12H,1H3/b3-2-. The molecule has 1 aromatic rings. The molecule has 0 aliphatic rings. The summed E-state index contributed by atoms with van der Waals surface area (Å²) in [5.74, 6) is 0.485. The van der Waals surface area contributed by atoms with Crippen LogP contribution in [0.3, 0.4) is 0 Å². The summed E-state index contributed by atoms with van der Waals surface area (Å²) in [7, 11) is 1.47. The van der Waals surface area contributed by atoms with Gasteiger partial charge in [0.2, 0.25) is 0 Å². The van der Waals surface area contributed by atoms with Crippen molar-refractivity contribution in [2.24, 2.45) is 0 Å². The maximum Gasteiger partial charge on any atom is 0.161 e. The molecule has 0 heterocycles. The van der Waals surface area contributed by atoms with Crippen LogP contribution in [0.25, 0.3) is 6.08 Å². The van der Waals surface area contributed by atoms with Gasteiger partial charge in [-0.1, -0.05) is 12.1 Å². The number of methoxy groups -OCH3 is 1. The fraction of sp³-hybridized carbons (Fsp3) is 0.100. The molecule has 0 unspecified atom stereocenters. The molecule has 0 aliphatic carbocycles. The smallest absolute Gasteiger partial charge is 0.161 e. The van der Waals surface area contributed by atoms with Crippen molar-refractivity contribution in [3.8, 4) is 11.5 Å². The second-order valence-electron chi connectivity index (χ2n) is 2.43. The lowest BCUT2D eigenvalue weighted by atomic mass is 10.2. The van der Waals surface area contributed by atoms with E-state index in [0.717, 1.165) is 5.56 Å². The van der Waals surface area contributed by atoms with E-state index in [1.807, 2.05) is 0 Å². The van der Waals surface area contributed by atoms with Gasteiger partial charge in [-0.15, -0.1) is 0 Å². The first-order chi connectivity index (χ1) is 6.27. The molecule has 0 aromatic heterocycles. The Morgan fingerprint density at radius 2 is 2.23 bits per heavy atom. The van der Waals surface area contributed by atoms with Gasteiger partial charge in [0.05, 0.1) is 7.11 Å². The molecule has 3 nitrogen and oxygen atoms in total. The lowest BCUT2D eigenvalue weighted by Gasteiger charge is -2.02. The molecule has 0 atom stereocenters. The largest absolute Gasteiger partial charge is 0.504 e. The predicted octanol–water partition coefficient (Wildman–Crippen LogP) is 1.61. The molecule has 0 fully saturated rings. The van der Waals surface area contributed by atoms with Gasteiger partial charge in [0.25, 0.3) is 0 Å². The first-order valence-electron chi connectivity index (χ1n) is 3.77. The molecular weight excluding hydrogens is 168 g/mol. The number of carbonyl (C=O) groups excluding carboxylic acids is 1. The second kappa shape index (κ2) is 4.30. The van der Waals surface area contributed by atoms with E-state index >= 15 is 0 Å². The average molecular weight is 178 g/mol. The Bertz CT molecular complexity index is 329. The summed E-state index contributed by atoms with van der Waals surface area (Å²) in [6.45, 7) is 0. The molecule has 3 heteroatoms. The van der Waals surface area contributed by atoms with Crippen molar-refractivity contribution < 1.29 is 14.6 Å². The van der Waals surface area contributed by atoms with Gasteiger partial charge in [0.1, 0.15) is 6.29 Å². The lowest BCUT2D eigenvalue weighted by molar-refractivity contribution is -0.104. The molecule has 0 saturated carbocycles. The van der Waals surface area contributed by atoms with E-state index in [1.54, 1.807) is 18.2 Å². The minimum absolute atomic E-state index is 0.0887. The highest BCUT2D eigenvalue weighted by molar-refractivity contribution is 5.74. The maximum atomic E-state index is 10.0. The molecular formula is C10H10O3. The molecule has 0 bridgehead atoms. The van der Waals surface area contributed by atoms with Crippen LogP contribution in [0.2, 0.25) is 0 Å². The Morgan fingerprint density at radius 1 is 1.46 bits per heavy atom. The zero-order valence-electron chi connectivity index (χ0n) is 7.23. The molecule has 1 aromatic carbocycles. The Kier molecular flexibility index (Phi) is 3.09. The van der Waals surface area contributed by atoms with Gasteiger partial charge in [-0.05, 0) is 23.8 Å².